The van der Waals surface area contributed by atoms with E-state index in [4.69, 9.17) is 17.3 Å². The van der Waals surface area contributed by atoms with Crippen molar-refractivity contribution in [2.45, 2.75) is 18.9 Å². The number of aromatic nitrogens is 4. The van der Waals surface area contributed by atoms with Gasteiger partial charge in [0.2, 0.25) is 11.8 Å². The zero-order valence-electron chi connectivity index (χ0n) is 19.4. The van der Waals surface area contributed by atoms with E-state index >= 15 is 0 Å². The monoisotopic (exact) mass is 496 g/mol. The Morgan fingerprint density at radius 2 is 2.09 bits per heavy atom. The Morgan fingerprint density at radius 3 is 2.77 bits per heavy atom. The highest BCUT2D eigenvalue weighted by Gasteiger charge is 2.31. The van der Waals surface area contributed by atoms with Gasteiger partial charge in [-0.2, -0.15) is 5.10 Å². The molecule has 4 rings (SSSR count). The van der Waals surface area contributed by atoms with Crippen LogP contribution in [0.5, 0.6) is 0 Å². The molecule has 3 aromatic rings. The molecule has 1 saturated heterocycles. The molecule has 0 aliphatic carbocycles. The van der Waals surface area contributed by atoms with Gasteiger partial charge in [0.25, 0.3) is 5.91 Å². The third-order valence-electron chi connectivity index (χ3n) is 5.86. The highest BCUT2D eigenvalue weighted by Crippen LogP contribution is 2.30. The van der Waals surface area contributed by atoms with Crippen LogP contribution in [0.25, 0.3) is 11.0 Å². The van der Waals surface area contributed by atoms with Crippen LogP contribution in [-0.2, 0) is 16.0 Å². The van der Waals surface area contributed by atoms with Gasteiger partial charge in [0.15, 0.2) is 11.3 Å². The third-order valence-corrected chi connectivity index (χ3v) is 6.18. The molecule has 182 valence electrons. The standard InChI is InChI=1S/C23H25ClN8O3/c1-4-17(33)31-8-7-14(11-31)32-22-19(21(25)26-12-27-22)20(29-32)23(35)28-16-6-5-13(9-15(16)24)10-18(34)30(2)3/h4-6,9,12,14H,1,7-8,10-11H2,2-3H3,(H,28,35)(H2,25,26,27)/t14-/m1/s1. The van der Waals surface area contributed by atoms with E-state index in [1.54, 1.807) is 41.9 Å². The molecule has 12 heteroatoms. The minimum absolute atomic E-state index is 0.0505. The van der Waals surface area contributed by atoms with Gasteiger partial charge in [0, 0.05) is 27.2 Å². The molecule has 1 atom stereocenters. The maximum Gasteiger partial charge on any atom is 0.277 e. The second kappa shape index (κ2) is 9.71. The van der Waals surface area contributed by atoms with Crippen LogP contribution in [0.4, 0.5) is 11.5 Å². The van der Waals surface area contributed by atoms with E-state index in [2.05, 4.69) is 27.0 Å². The number of carbonyl (C=O) groups is 3. The first-order valence-electron chi connectivity index (χ1n) is 10.9. The van der Waals surface area contributed by atoms with E-state index in [0.29, 0.717) is 36.2 Å². The lowest BCUT2D eigenvalue weighted by molar-refractivity contribution is -0.128. The first kappa shape index (κ1) is 24.1. The number of hydrogen-bond acceptors (Lipinski definition) is 7. The molecular formula is C23H25ClN8O3. The van der Waals surface area contributed by atoms with Gasteiger partial charge < -0.3 is 20.9 Å². The van der Waals surface area contributed by atoms with Crippen LogP contribution in [0.1, 0.15) is 28.5 Å². The molecule has 0 saturated carbocycles. The summed E-state index contributed by atoms with van der Waals surface area (Å²) in [7, 11) is 3.36. The molecule has 35 heavy (non-hydrogen) atoms. The number of nitrogens with one attached hydrogen (secondary N) is 1. The Balaban J connectivity index is 1.62. The highest BCUT2D eigenvalue weighted by molar-refractivity contribution is 6.34. The lowest BCUT2D eigenvalue weighted by Gasteiger charge is -2.14. The first-order chi connectivity index (χ1) is 16.7. The Labute approximate surface area is 206 Å². The molecule has 3 N–H and O–H groups in total. The summed E-state index contributed by atoms with van der Waals surface area (Å²) >= 11 is 6.38. The van der Waals surface area contributed by atoms with E-state index in [-0.39, 0.29) is 40.8 Å². The summed E-state index contributed by atoms with van der Waals surface area (Å²) in [5.74, 6) is -0.648. The van der Waals surface area contributed by atoms with Crippen LogP contribution in [0.15, 0.2) is 37.2 Å². The topological polar surface area (TPSA) is 139 Å². The van der Waals surface area contributed by atoms with Crippen molar-refractivity contribution in [3.63, 3.8) is 0 Å². The maximum atomic E-state index is 13.2. The number of fused-ring (bicyclic) bond motifs is 1. The molecule has 0 bridgehead atoms. The summed E-state index contributed by atoms with van der Waals surface area (Å²) in [6.07, 6.45) is 3.41. The average Bonchev–Trinajstić information content (AvgIpc) is 3.46. The fourth-order valence-corrected chi connectivity index (χ4v) is 4.21. The van der Waals surface area contributed by atoms with E-state index in [1.807, 2.05) is 0 Å². The Bertz CT molecular complexity index is 1340. The average molecular weight is 497 g/mol. The van der Waals surface area contributed by atoms with Gasteiger partial charge in [-0.25, -0.2) is 14.6 Å². The summed E-state index contributed by atoms with van der Waals surface area (Å²) in [6, 6.07) is 4.80. The van der Waals surface area contributed by atoms with Gasteiger partial charge in [-0.05, 0) is 30.2 Å². The summed E-state index contributed by atoms with van der Waals surface area (Å²) in [6.45, 7) is 4.48. The van der Waals surface area contributed by atoms with E-state index in [1.165, 1.54) is 17.3 Å². The van der Waals surface area contributed by atoms with E-state index < -0.39 is 5.91 Å². The predicted molar refractivity (Wildman–Crippen MR) is 132 cm³/mol. The lowest BCUT2D eigenvalue weighted by Crippen LogP contribution is -2.27. The van der Waals surface area contributed by atoms with Crippen LogP contribution in [0.3, 0.4) is 0 Å². The molecule has 1 aliphatic rings. The summed E-state index contributed by atoms with van der Waals surface area (Å²) < 4.78 is 1.62. The Hall–Kier alpha value is -3.99. The number of hydrogen-bond donors (Lipinski definition) is 2. The van der Waals surface area contributed by atoms with Gasteiger partial charge in [-0.15, -0.1) is 0 Å². The zero-order chi connectivity index (χ0) is 25.3. The molecule has 0 unspecified atom stereocenters. The number of likely N-dealkylation sites (N-methyl/N-ethyl adjacent to an activating group) is 1. The molecule has 0 radical (unpaired) electrons. The molecule has 3 amide bonds. The number of amides is 3. The molecule has 1 aliphatic heterocycles. The van der Waals surface area contributed by atoms with Crippen molar-refractivity contribution >= 4 is 51.9 Å². The lowest BCUT2D eigenvalue weighted by atomic mass is 10.1. The number of nitrogen functional groups attached to an aromatic ring is 1. The van der Waals surface area contributed by atoms with Crippen molar-refractivity contribution in [1.82, 2.24) is 29.5 Å². The van der Waals surface area contributed by atoms with Crippen LogP contribution >= 0.6 is 11.6 Å². The van der Waals surface area contributed by atoms with Crippen LogP contribution < -0.4 is 11.1 Å². The van der Waals surface area contributed by atoms with Crippen LogP contribution in [-0.4, -0.2) is 74.5 Å². The van der Waals surface area contributed by atoms with Crippen molar-refractivity contribution in [2.24, 2.45) is 0 Å². The van der Waals surface area contributed by atoms with Crippen LogP contribution in [0.2, 0.25) is 5.02 Å². The van der Waals surface area contributed by atoms with Crippen molar-refractivity contribution < 1.29 is 14.4 Å². The van der Waals surface area contributed by atoms with Crippen LogP contribution in [0, 0.1) is 0 Å². The van der Waals surface area contributed by atoms with Crippen molar-refractivity contribution in [1.29, 1.82) is 0 Å². The smallest absolute Gasteiger partial charge is 0.277 e. The van der Waals surface area contributed by atoms with Crippen molar-refractivity contribution in [3.05, 3.63) is 53.5 Å². The van der Waals surface area contributed by atoms with E-state index in [0.717, 1.165) is 5.56 Å². The zero-order valence-corrected chi connectivity index (χ0v) is 20.1. The summed E-state index contributed by atoms with van der Waals surface area (Å²) in [4.78, 5) is 48.7. The van der Waals surface area contributed by atoms with Gasteiger partial charge in [-0.3, -0.25) is 14.4 Å². The number of likely N-dealkylation sites (tertiary alicyclic amines) is 1. The third kappa shape index (κ3) is 4.80. The Morgan fingerprint density at radius 1 is 1.31 bits per heavy atom. The number of nitrogens with zero attached hydrogens (tertiary/aromatic N) is 6. The van der Waals surface area contributed by atoms with Gasteiger partial charge in [0.1, 0.15) is 12.1 Å². The molecule has 2 aromatic heterocycles. The normalized spacial score (nSPS) is 15.3. The molecular weight excluding hydrogens is 472 g/mol. The second-order valence-electron chi connectivity index (χ2n) is 8.41. The van der Waals surface area contributed by atoms with E-state index in [9.17, 15) is 14.4 Å². The number of rotatable bonds is 6. The maximum absolute atomic E-state index is 13.2. The van der Waals surface area contributed by atoms with Gasteiger partial charge in [-0.1, -0.05) is 24.2 Å². The molecule has 3 heterocycles. The second-order valence-corrected chi connectivity index (χ2v) is 8.82. The van der Waals surface area contributed by atoms with Crippen molar-refractivity contribution in [2.75, 3.05) is 38.2 Å². The SMILES string of the molecule is C=CC(=O)N1CC[C@@H](n2nc(C(=O)Nc3ccc(CC(=O)N(C)C)cc3Cl)c3c(N)ncnc32)C1. The minimum Gasteiger partial charge on any atom is -0.383 e. The predicted octanol–water partition coefficient (Wildman–Crippen LogP) is 1.90. The highest BCUT2D eigenvalue weighted by atomic mass is 35.5. The fourth-order valence-electron chi connectivity index (χ4n) is 3.96. The largest absolute Gasteiger partial charge is 0.383 e. The minimum atomic E-state index is -0.536. The molecule has 1 fully saturated rings. The Kier molecular flexibility index (Phi) is 6.70. The first-order valence-corrected chi connectivity index (χ1v) is 11.3. The summed E-state index contributed by atoms with van der Waals surface area (Å²) in [5.41, 5.74) is 7.63. The van der Waals surface area contributed by atoms with Crippen molar-refractivity contribution in [3.8, 4) is 0 Å². The molecule has 0 spiro atoms. The number of carbonyl (C=O) groups excluding carboxylic acids is 3. The van der Waals surface area contributed by atoms with Gasteiger partial charge in [0.05, 0.1) is 28.6 Å². The number of anilines is 2. The number of benzene rings is 1. The number of halogens is 1. The molecule has 1 aromatic carbocycles. The van der Waals surface area contributed by atoms with Gasteiger partial charge >= 0.3 is 0 Å². The quantitative estimate of drug-likeness (QED) is 0.497. The fraction of sp³-hybridized carbons (Fsp3) is 0.304. The summed E-state index contributed by atoms with van der Waals surface area (Å²) in [5, 5.41) is 7.88. The molecule has 11 nitrogen and oxygen atoms in total. The number of nitrogens with two attached hydrogens (primary N) is 1.